The van der Waals surface area contributed by atoms with E-state index in [4.69, 9.17) is 38.8 Å². The number of aromatic nitrogens is 1. The van der Waals surface area contributed by atoms with Crippen molar-refractivity contribution >= 4 is 34.9 Å². The van der Waals surface area contributed by atoms with Crippen molar-refractivity contribution in [3.63, 3.8) is 0 Å². The van der Waals surface area contributed by atoms with Crippen molar-refractivity contribution in [3.05, 3.63) is 75.7 Å². The smallest absolute Gasteiger partial charge is 0.251 e. The zero-order valence-electron chi connectivity index (χ0n) is 17.4. The molecule has 2 aromatic carbocycles. The van der Waals surface area contributed by atoms with Crippen LogP contribution in [0.5, 0.6) is 5.75 Å². The van der Waals surface area contributed by atoms with E-state index in [1.165, 1.54) is 12.1 Å². The van der Waals surface area contributed by atoms with Crippen molar-refractivity contribution < 1.29 is 19.0 Å². The molecule has 4 N–H and O–H groups in total. The Bertz CT molecular complexity index is 1130. The van der Waals surface area contributed by atoms with Gasteiger partial charge in [-0.3, -0.25) is 4.79 Å². The number of nitrogen functional groups attached to an aromatic ring is 1. The molecule has 0 spiro atoms. The zero-order chi connectivity index (χ0) is 23.4. The van der Waals surface area contributed by atoms with Crippen molar-refractivity contribution in [1.82, 2.24) is 10.3 Å². The maximum absolute atomic E-state index is 13.9. The molecule has 32 heavy (non-hydrogen) atoms. The first kappa shape index (κ1) is 23.8. The molecule has 2 unspecified atom stereocenters. The number of benzene rings is 2. The van der Waals surface area contributed by atoms with Crippen LogP contribution in [0.2, 0.25) is 10.0 Å². The van der Waals surface area contributed by atoms with Gasteiger partial charge in [-0.2, -0.15) is 0 Å². The Balaban J connectivity index is 1.83. The van der Waals surface area contributed by atoms with Crippen LogP contribution in [0.15, 0.2) is 48.7 Å². The number of ether oxygens (including phenoxy) is 1. The van der Waals surface area contributed by atoms with Crippen LogP contribution in [-0.4, -0.2) is 28.6 Å². The first-order chi connectivity index (χ1) is 15.2. The summed E-state index contributed by atoms with van der Waals surface area (Å²) in [6.45, 7) is 3.24. The highest BCUT2D eigenvalue weighted by molar-refractivity contribution is 6.36. The van der Waals surface area contributed by atoms with Crippen molar-refractivity contribution in [3.8, 4) is 16.9 Å². The summed E-state index contributed by atoms with van der Waals surface area (Å²) < 4.78 is 19.8. The number of nitrogens with two attached hydrogens (primary N) is 1. The predicted molar refractivity (Wildman–Crippen MR) is 124 cm³/mol. The monoisotopic (exact) mass is 477 g/mol. The number of nitrogens with one attached hydrogen (secondary N) is 1. The van der Waals surface area contributed by atoms with Crippen LogP contribution in [0.3, 0.4) is 0 Å². The van der Waals surface area contributed by atoms with Gasteiger partial charge in [0.05, 0.1) is 11.6 Å². The maximum atomic E-state index is 13.9. The summed E-state index contributed by atoms with van der Waals surface area (Å²) in [7, 11) is 0. The predicted octanol–water partition coefficient (Wildman–Crippen LogP) is 5.03. The quantitative estimate of drug-likeness (QED) is 0.414. The van der Waals surface area contributed by atoms with Crippen LogP contribution in [0.25, 0.3) is 11.1 Å². The molecule has 0 bridgehead atoms. The Morgan fingerprint density at radius 1 is 1.19 bits per heavy atom. The minimum atomic E-state index is -0.690. The Morgan fingerprint density at radius 3 is 2.53 bits per heavy atom. The molecular formula is C23H22Cl2FN3O3. The topological polar surface area (TPSA) is 97.5 Å². The maximum Gasteiger partial charge on any atom is 0.251 e. The van der Waals surface area contributed by atoms with E-state index in [1.54, 1.807) is 50.4 Å². The Hall–Kier alpha value is -2.87. The molecule has 6 nitrogen and oxygen atoms in total. The molecule has 2 atom stereocenters. The molecule has 0 fully saturated rings. The number of carbonyl (C=O) groups is 1. The van der Waals surface area contributed by atoms with E-state index in [1.807, 2.05) is 0 Å². The molecule has 0 aliphatic rings. The molecular weight excluding hydrogens is 456 g/mol. The second-order valence-electron chi connectivity index (χ2n) is 7.26. The lowest BCUT2D eigenvalue weighted by molar-refractivity contribution is 0.0922. The van der Waals surface area contributed by atoms with E-state index < -0.39 is 11.9 Å². The van der Waals surface area contributed by atoms with Gasteiger partial charge in [-0.15, -0.1) is 0 Å². The normalized spacial score (nSPS) is 12.8. The molecule has 1 aromatic heterocycles. The summed E-state index contributed by atoms with van der Waals surface area (Å²) in [5, 5.41) is 11.9. The van der Waals surface area contributed by atoms with Crippen molar-refractivity contribution in [1.29, 1.82) is 0 Å². The first-order valence-electron chi connectivity index (χ1n) is 9.79. The fourth-order valence-corrected chi connectivity index (χ4v) is 3.72. The van der Waals surface area contributed by atoms with Gasteiger partial charge in [0.15, 0.2) is 11.6 Å². The van der Waals surface area contributed by atoms with E-state index in [2.05, 4.69) is 10.3 Å². The number of pyridine rings is 1. The second-order valence-corrected chi connectivity index (χ2v) is 8.04. The number of carbonyl (C=O) groups excluding carboxylic acids is 1. The molecule has 9 heteroatoms. The van der Waals surface area contributed by atoms with Gasteiger partial charge in [-0.05, 0) is 49.7 Å². The fourth-order valence-electron chi connectivity index (χ4n) is 3.04. The van der Waals surface area contributed by atoms with E-state index >= 15 is 0 Å². The molecule has 3 rings (SSSR count). The third kappa shape index (κ3) is 5.30. The summed E-state index contributed by atoms with van der Waals surface area (Å²) in [5.74, 6) is -0.447. The highest BCUT2D eigenvalue weighted by atomic mass is 35.5. The minimum absolute atomic E-state index is 0.114. The van der Waals surface area contributed by atoms with Crippen LogP contribution < -0.4 is 15.8 Å². The molecule has 3 aromatic rings. The lowest BCUT2D eigenvalue weighted by Gasteiger charge is -2.19. The molecule has 168 valence electrons. The van der Waals surface area contributed by atoms with Crippen molar-refractivity contribution in [2.75, 3.05) is 12.3 Å². The molecule has 0 aliphatic carbocycles. The number of anilines is 1. The molecule has 0 saturated heterocycles. The van der Waals surface area contributed by atoms with Gasteiger partial charge in [0.2, 0.25) is 0 Å². The molecule has 0 saturated carbocycles. The average Bonchev–Trinajstić information content (AvgIpc) is 2.78. The molecule has 1 amide bonds. The number of rotatable bonds is 7. The Morgan fingerprint density at radius 2 is 1.88 bits per heavy atom. The standard InChI is InChI=1S/C23H22Cl2FN3O3/c1-12(11-30)29-23(31)15-5-3-14(4-6-15)16-9-19(22(27)28-10-16)32-13(2)20-17(24)7-8-18(26)21(20)25/h3-10,12-13,30H,11H2,1-2H3,(H2,27,28)(H,29,31). The Labute approximate surface area is 195 Å². The number of nitrogens with zero attached hydrogens (tertiary/aromatic N) is 1. The SMILES string of the molecule is CC(CO)NC(=O)c1ccc(-c2cnc(N)c(OC(C)c3c(Cl)ccc(F)c3Cl)c2)cc1. The van der Waals surface area contributed by atoms with E-state index in [9.17, 15) is 9.18 Å². The van der Waals surface area contributed by atoms with Gasteiger partial charge in [0, 0.05) is 34.0 Å². The van der Waals surface area contributed by atoms with Gasteiger partial charge in [0.1, 0.15) is 11.9 Å². The molecule has 1 heterocycles. The molecule has 0 aliphatic heterocycles. The number of aliphatic hydroxyl groups excluding tert-OH is 1. The van der Waals surface area contributed by atoms with Gasteiger partial charge < -0.3 is 20.9 Å². The number of hydrogen-bond donors (Lipinski definition) is 3. The zero-order valence-corrected chi connectivity index (χ0v) is 18.9. The van der Waals surface area contributed by atoms with Crippen LogP contribution in [0.1, 0.15) is 35.9 Å². The molecule has 0 radical (unpaired) electrons. The summed E-state index contributed by atoms with van der Waals surface area (Å²) >= 11 is 12.3. The second kappa shape index (κ2) is 10.2. The lowest BCUT2D eigenvalue weighted by Crippen LogP contribution is -2.34. The van der Waals surface area contributed by atoms with E-state index in [-0.39, 0.29) is 40.2 Å². The van der Waals surface area contributed by atoms with Crippen molar-refractivity contribution in [2.24, 2.45) is 0 Å². The number of amides is 1. The third-order valence-corrected chi connectivity index (χ3v) is 5.52. The highest BCUT2D eigenvalue weighted by Gasteiger charge is 2.20. The number of aliphatic hydroxyl groups is 1. The number of hydrogen-bond acceptors (Lipinski definition) is 5. The van der Waals surface area contributed by atoms with Crippen LogP contribution in [0, 0.1) is 5.82 Å². The summed E-state index contributed by atoms with van der Waals surface area (Å²) in [4.78, 5) is 16.4. The van der Waals surface area contributed by atoms with Crippen LogP contribution >= 0.6 is 23.2 Å². The summed E-state index contributed by atoms with van der Waals surface area (Å²) in [6.07, 6.45) is 0.891. The Kier molecular flexibility index (Phi) is 7.56. The van der Waals surface area contributed by atoms with E-state index in [0.717, 1.165) is 5.56 Å². The first-order valence-corrected chi connectivity index (χ1v) is 10.5. The van der Waals surface area contributed by atoms with Gasteiger partial charge in [-0.1, -0.05) is 35.3 Å². The van der Waals surface area contributed by atoms with Crippen molar-refractivity contribution in [2.45, 2.75) is 26.0 Å². The van der Waals surface area contributed by atoms with Crippen LogP contribution in [0.4, 0.5) is 10.2 Å². The minimum Gasteiger partial charge on any atom is -0.482 e. The summed E-state index contributed by atoms with van der Waals surface area (Å²) in [6, 6.07) is 10.8. The van der Waals surface area contributed by atoms with Gasteiger partial charge >= 0.3 is 0 Å². The van der Waals surface area contributed by atoms with Gasteiger partial charge in [-0.25, -0.2) is 9.37 Å². The van der Waals surface area contributed by atoms with Crippen LogP contribution in [-0.2, 0) is 0 Å². The highest BCUT2D eigenvalue weighted by Crippen LogP contribution is 2.37. The number of halogens is 3. The average molecular weight is 478 g/mol. The van der Waals surface area contributed by atoms with Gasteiger partial charge in [0.25, 0.3) is 5.91 Å². The fraction of sp³-hybridized carbons (Fsp3) is 0.217. The lowest BCUT2D eigenvalue weighted by atomic mass is 10.0. The largest absolute Gasteiger partial charge is 0.482 e. The third-order valence-electron chi connectivity index (χ3n) is 4.80. The summed E-state index contributed by atoms with van der Waals surface area (Å²) in [5.41, 5.74) is 8.22. The van der Waals surface area contributed by atoms with E-state index in [0.29, 0.717) is 16.7 Å².